The molecule has 2 unspecified atom stereocenters. The van der Waals surface area contributed by atoms with E-state index >= 15 is 0 Å². The second-order valence-corrected chi connectivity index (χ2v) is 6.73. The molecule has 2 saturated carbocycles. The lowest BCUT2D eigenvalue weighted by Crippen LogP contribution is -2.49. The quantitative estimate of drug-likeness (QED) is 0.792. The molecule has 1 N–H and O–H groups in total. The minimum atomic E-state index is 0.552. The zero-order valence-corrected chi connectivity index (χ0v) is 12.0. The molecule has 17 heavy (non-hydrogen) atoms. The minimum Gasteiger partial charge on any atom is -0.319 e. The van der Waals surface area contributed by atoms with Gasteiger partial charge >= 0.3 is 0 Å². The summed E-state index contributed by atoms with van der Waals surface area (Å²) < 4.78 is 0. The van der Waals surface area contributed by atoms with Crippen molar-refractivity contribution in [3.05, 3.63) is 0 Å². The molecule has 2 atom stereocenters. The normalized spacial score (nSPS) is 34.9. The standard InChI is InChI=1S/C15H30N2/c1-13-6-5-9-15(10-13,11-16-2)12-17(3)14-7-4-8-14/h13-14,16H,4-12H2,1-3H3. The van der Waals surface area contributed by atoms with Crippen LogP contribution in [0, 0.1) is 11.3 Å². The van der Waals surface area contributed by atoms with Crippen molar-refractivity contribution in [1.29, 1.82) is 0 Å². The van der Waals surface area contributed by atoms with Gasteiger partial charge in [0.1, 0.15) is 0 Å². The van der Waals surface area contributed by atoms with Gasteiger partial charge in [-0.15, -0.1) is 0 Å². The third-order valence-electron chi connectivity index (χ3n) is 5.02. The van der Waals surface area contributed by atoms with Crippen LogP contribution in [0.3, 0.4) is 0 Å². The Balaban J connectivity index is 1.94. The van der Waals surface area contributed by atoms with Gasteiger partial charge in [-0.3, -0.25) is 0 Å². The van der Waals surface area contributed by atoms with Crippen molar-refractivity contribution in [2.24, 2.45) is 11.3 Å². The summed E-state index contributed by atoms with van der Waals surface area (Å²) in [6, 6.07) is 0.890. The van der Waals surface area contributed by atoms with Crippen LogP contribution in [0.15, 0.2) is 0 Å². The fourth-order valence-electron chi connectivity index (χ4n) is 3.99. The Kier molecular flexibility index (Phi) is 4.48. The van der Waals surface area contributed by atoms with E-state index in [4.69, 9.17) is 0 Å². The molecule has 0 aromatic carbocycles. The topological polar surface area (TPSA) is 15.3 Å². The Morgan fingerprint density at radius 2 is 2.00 bits per heavy atom. The molecular weight excluding hydrogens is 208 g/mol. The van der Waals surface area contributed by atoms with Gasteiger partial charge in [0.2, 0.25) is 0 Å². The van der Waals surface area contributed by atoms with Crippen LogP contribution < -0.4 is 5.32 Å². The molecule has 100 valence electrons. The molecular formula is C15H30N2. The predicted octanol–water partition coefficient (Wildman–Crippen LogP) is 2.89. The summed E-state index contributed by atoms with van der Waals surface area (Å²) in [7, 11) is 4.46. The van der Waals surface area contributed by atoms with E-state index in [-0.39, 0.29) is 0 Å². The lowest BCUT2D eigenvalue weighted by atomic mass is 9.69. The van der Waals surface area contributed by atoms with Gasteiger partial charge in [-0.05, 0) is 51.1 Å². The molecule has 2 fully saturated rings. The largest absolute Gasteiger partial charge is 0.319 e. The molecule has 0 aliphatic heterocycles. The molecule has 0 saturated heterocycles. The molecule has 2 nitrogen and oxygen atoms in total. The van der Waals surface area contributed by atoms with Crippen LogP contribution in [0.2, 0.25) is 0 Å². The molecule has 0 bridgehead atoms. The number of nitrogens with zero attached hydrogens (tertiary/aromatic N) is 1. The second-order valence-electron chi connectivity index (χ2n) is 6.73. The van der Waals surface area contributed by atoms with Crippen LogP contribution in [-0.2, 0) is 0 Å². The van der Waals surface area contributed by atoms with Crippen molar-refractivity contribution < 1.29 is 0 Å². The summed E-state index contributed by atoms with van der Waals surface area (Å²) in [5, 5.41) is 3.45. The highest BCUT2D eigenvalue weighted by molar-refractivity contribution is 4.91. The van der Waals surface area contributed by atoms with E-state index in [1.54, 1.807) is 0 Å². The average molecular weight is 238 g/mol. The molecule has 0 amide bonds. The van der Waals surface area contributed by atoms with Gasteiger partial charge < -0.3 is 10.2 Å². The van der Waals surface area contributed by atoms with Crippen LogP contribution in [0.1, 0.15) is 51.9 Å². The van der Waals surface area contributed by atoms with E-state index in [1.165, 1.54) is 58.0 Å². The minimum absolute atomic E-state index is 0.552. The third-order valence-corrected chi connectivity index (χ3v) is 5.02. The lowest BCUT2D eigenvalue weighted by Gasteiger charge is -2.46. The van der Waals surface area contributed by atoms with Gasteiger partial charge in [0.25, 0.3) is 0 Å². The van der Waals surface area contributed by atoms with Gasteiger partial charge in [-0.25, -0.2) is 0 Å². The molecule has 2 aliphatic rings. The summed E-state index contributed by atoms with van der Waals surface area (Å²) in [4.78, 5) is 2.65. The molecule has 0 spiro atoms. The highest BCUT2D eigenvalue weighted by atomic mass is 15.1. The smallest absolute Gasteiger partial charge is 0.00924 e. The highest BCUT2D eigenvalue weighted by Gasteiger charge is 2.37. The third kappa shape index (κ3) is 3.23. The van der Waals surface area contributed by atoms with Gasteiger partial charge in [-0.1, -0.05) is 26.2 Å². The van der Waals surface area contributed by atoms with Crippen molar-refractivity contribution >= 4 is 0 Å². The maximum Gasteiger partial charge on any atom is 0.00924 e. The van der Waals surface area contributed by atoms with Crippen molar-refractivity contribution in [2.75, 3.05) is 27.2 Å². The Labute approximate surface area is 107 Å². The molecule has 0 heterocycles. The number of hydrogen-bond donors (Lipinski definition) is 1. The molecule has 2 heteroatoms. The van der Waals surface area contributed by atoms with E-state index in [1.807, 2.05) is 0 Å². The SMILES string of the molecule is CNCC1(CN(C)C2CCC2)CCCC(C)C1. The Morgan fingerprint density at radius 1 is 1.24 bits per heavy atom. The first-order chi connectivity index (χ1) is 8.15. The van der Waals surface area contributed by atoms with Crippen molar-refractivity contribution in [3.8, 4) is 0 Å². The van der Waals surface area contributed by atoms with Crippen LogP contribution in [0.25, 0.3) is 0 Å². The first-order valence-corrected chi connectivity index (χ1v) is 7.50. The van der Waals surface area contributed by atoms with Crippen molar-refractivity contribution in [3.63, 3.8) is 0 Å². The monoisotopic (exact) mass is 238 g/mol. The van der Waals surface area contributed by atoms with E-state index in [9.17, 15) is 0 Å². The molecule has 0 aromatic heterocycles. The molecule has 2 aliphatic carbocycles. The Morgan fingerprint density at radius 3 is 2.53 bits per heavy atom. The van der Waals surface area contributed by atoms with Gasteiger partial charge in [0.05, 0.1) is 0 Å². The zero-order chi connectivity index (χ0) is 12.3. The number of nitrogens with one attached hydrogen (secondary N) is 1. The summed E-state index contributed by atoms with van der Waals surface area (Å²) in [5.41, 5.74) is 0.552. The first kappa shape index (κ1) is 13.4. The lowest BCUT2D eigenvalue weighted by molar-refractivity contribution is 0.0526. The highest BCUT2D eigenvalue weighted by Crippen LogP contribution is 2.40. The van der Waals surface area contributed by atoms with Gasteiger partial charge in [0.15, 0.2) is 0 Å². The van der Waals surface area contributed by atoms with E-state index in [0.29, 0.717) is 5.41 Å². The number of hydrogen-bond acceptors (Lipinski definition) is 2. The number of rotatable bonds is 5. The summed E-state index contributed by atoms with van der Waals surface area (Å²) >= 11 is 0. The van der Waals surface area contributed by atoms with Gasteiger partial charge in [0, 0.05) is 19.1 Å². The Hall–Kier alpha value is -0.0800. The predicted molar refractivity (Wildman–Crippen MR) is 74.3 cm³/mol. The van der Waals surface area contributed by atoms with E-state index in [0.717, 1.165) is 12.0 Å². The Bertz CT molecular complexity index is 233. The zero-order valence-electron chi connectivity index (χ0n) is 12.0. The van der Waals surface area contributed by atoms with Crippen molar-refractivity contribution in [2.45, 2.75) is 57.9 Å². The van der Waals surface area contributed by atoms with Crippen LogP contribution in [0.4, 0.5) is 0 Å². The first-order valence-electron chi connectivity index (χ1n) is 7.50. The molecule has 2 rings (SSSR count). The summed E-state index contributed by atoms with van der Waals surface area (Å²) in [6.45, 7) is 4.95. The molecule has 0 radical (unpaired) electrons. The average Bonchev–Trinajstić information content (AvgIpc) is 2.13. The maximum absolute atomic E-state index is 3.45. The fourth-order valence-corrected chi connectivity index (χ4v) is 3.99. The maximum atomic E-state index is 3.45. The summed E-state index contributed by atoms with van der Waals surface area (Å²) in [6.07, 6.45) is 10.0. The summed E-state index contributed by atoms with van der Waals surface area (Å²) in [5.74, 6) is 0.923. The van der Waals surface area contributed by atoms with Crippen LogP contribution in [0.5, 0.6) is 0 Å². The van der Waals surface area contributed by atoms with Gasteiger partial charge in [-0.2, -0.15) is 0 Å². The van der Waals surface area contributed by atoms with Crippen LogP contribution in [-0.4, -0.2) is 38.1 Å². The second kappa shape index (κ2) is 5.71. The van der Waals surface area contributed by atoms with E-state index < -0.39 is 0 Å². The van der Waals surface area contributed by atoms with Crippen molar-refractivity contribution in [1.82, 2.24) is 10.2 Å². The van der Waals surface area contributed by atoms with Crippen LogP contribution >= 0.6 is 0 Å². The van der Waals surface area contributed by atoms with E-state index in [2.05, 4.69) is 31.2 Å². The molecule has 0 aromatic rings. The fraction of sp³-hybridized carbons (Fsp3) is 1.00.